The largest absolute Gasteiger partial charge is 0.353 e. The third-order valence-corrected chi connectivity index (χ3v) is 5.57. The number of benzene rings is 2. The van der Waals surface area contributed by atoms with Crippen LogP contribution in [0, 0.1) is 30.1 Å². The Balaban J connectivity index is 1.52. The minimum Gasteiger partial charge on any atom is -0.353 e. The van der Waals surface area contributed by atoms with E-state index in [2.05, 4.69) is 38.5 Å². The van der Waals surface area contributed by atoms with E-state index in [1.54, 1.807) is 16.9 Å². The summed E-state index contributed by atoms with van der Waals surface area (Å²) < 4.78 is 7.40. The number of anilines is 2. The van der Waals surface area contributed by atoms with Crippen LogP contribution in [-0.4, -0.2) is 19.8 Å². The number of fused-ring (bicyclic) bond motifs is 2. The van der Waals surface area contributed by atoms with Crippen LogP contribution in [0.4, 0.5) is 11.5 Å². The van der Waals surface area contributed by atoms with Crippen molar-refractivity contribution in [1.29, 1.82) is 5.26 Å². The normalized spacial score (nSPS) is 11.2. The molecule has 1 N–H and O–H groups in total. The topological polar surface area (TPSA) is 92.0 Å². The van der Waals surface area contributed by atoms with Crippen molar-refractivity contribution < 1.29 is 4.52 Å². The van der Waals surface area contributed by atoms with Crippen molar-refractivity contribution in [3.8, 4) is 17.9 Å². The van der Waals surface area contributed by atoms with E-state index in [9.17, 15) is 5.26 Å². The molecule has 0 fully saturated rings. The molecule has 0 aliphatic rings. The van der Waals surface area contributed by atoms with E-state index < -0.39 is 5.41 Å². The fourth-order valence-electron chi connectivity index (χ4n) is 3.58. The van der Waals surface area contributed by atoms with E-state index in [1.165, 1.54) is 0 Å². The highest BCUT2D eigenvalue weighted by Gasteiger charge is 2.20. The van der Waals surface area contributed by atoms with Crippen molar-refractivity contribution in [3.05, 3.63) is 83.3 Å². The molecule has 5 rings (SSSR count). The zero-order valence-electron chi connectivity index (χ0n) is 18.4. The van der Waals surface area contributed by atoms with E-state index in [-0.39, 0.29) is 0 Å². The summed E-state index contributed by atoms with van der Waals surface area (Å²) in [6.07, 6.45) is 3.40. The maximum Gasteiger partial charge on any atom is 0.184 e. The quantitative estimate of drug-likeness (QED) is 0.398. The first kappa shape index (κ1) is 20.3. The molecule has 0 aliphatic heterocycles. The van der Waals surface area contributed by atoms with Crippen molar-refractivity contribution in [3.63, 3.8) is 0 Å². The van der Waals surface area contributed by atoms with E-state index in [4.69, 9.17) is 4.52 Å². The number of nitrogens with one attached hydrogen (secondary N) is 1. The van der Waals surface area contributed by atoms with Crippen LogP contribution >= 0.6 is 0 Å². The van der Waals surface area contributed by atoms with Crippen LogP contribution in [0.1, 0.15) is 36.2 Å². The molecule has 0 unspecified atom stereocenters. The Morgan fingerprint density at radius 2 is 1.97 bits per heavy atom. The number of nitrogens with zero attached hydrogens (tertiary/aromatic N) is 5. The molecule has 3 heterocycles. The summed E-state index contributed by atoms with van der Waals surface area (Å²) in [6.45, 7) is 5.77. The monoisotopic (exact) mass is 432 g/mol. The van der Waals surface area contributed by atoms with Gasteiger partial charge in [-0.2, -0.15) is 10.4 Å². The van der Waals surface area contributed by atoms with Gasteiger partial charge < -0.3 is 9.84 Å². The van der Waals surface area contributed by atoms with Gasteiger partial charge >= 0.3 is 0 Å². The lowest BCUT2D eigenvalue weighted by atomic mass is 9.86. The summed E-state index contributed by atoms with van der Waals surface area (Å²) in [4.78, 5) is 4.33. The Bertz CT molecular complexity index is 1610. The number of rotatable bonds is 3. The summed E-state index contributed by atoms with van der Waals surface area (Å²) >= 11 is 0. The summed E-state index contributed by atoms with van der Waals surface area (Å²) in [5, 5.41) is 22.1. The second-order valence-corrected chi connectivity index (χ2v) is 8.30. The minimum absolute atomic E-state index is 0.587. The van der Waals surface area contributed by atoms with Gasteiger partial charge in [-0.05, 0) is 68.2 Å². The Labute approximate surface area is 190 Å². The molecule has 0 atom stereocenters. The molecule has 0 spiro atoms. The number of imidazole rings is 1. The number of aryl methyl sites for hydroxylation is 1. The Kier molecular flexibility index (Phi) is 4.80. The molecule has 2 aromatic carbocycles. The molecule has 0 radical (unpaired) electrons. The summed E-state index contributed by atoms with van der Waals surface area (Å²) in [5.41, 5.74) is 4.95. The molecular formula is C26H20N6O. The summed E-state index contributed by atoms with van der Waals surface area (Å²) in [5.74, 6) is 6.97. The smallest absolute Gasteiger partial charge is 0.184 e. The average Bonchev–Trinajstić information content (AvgIpc) is 3.43. The molecule has 7 nitrogen and oxygen atoms in total. The third kappa shape index (κ3) is 3.66. The maximum atomic E-state index is 9.45. The number of hydrogen-bond acceptors (Lipinski definition) is 6. The average molecular weight is 432 g/mol. The number of nitriles is 1. The van der Waals surface area contributed by atoms with Crippen LogP contribution in [0.2, 0.25) is 0 Å². The lowest BCUT2D eigenvalue weighted by molar-refractivity contribution is 0.459. The highest BCUT2D eigenvalue weighted by molar-refractivity contribution is 5.94. The first-order valence-corrected chi connectivity index (χ1v) is 10.4. The first-order chi connectivity index (χ1) is 16.0. The van der Waals surface area contributed by atoms with Gasteiger partial charge in [0.15, 0.2) is 17.0 Å². The first-order valence-electron chi connectivity index (χ1n) is 10.4. The molecule has 160 valence electrons. The predicted molar refractivity (Wildman–Crippen MR) is 126 cm³/mol. The Morgan fingerprint density at radius 1 is 1.09 bits per heavy atom. The Hall–Kier alpha value is -4.62. The van der Waals surface area contributed by atoms with Crippen molar-refractivity contribution in [2.75, 3.05) is 5.32 Å². The second kappa shape index (κ2) is 7.81. The van der Waals surface area contributed by atoms with Gasteiger partial charge in [0, 0.05) is 11.9 Å². The summed E-state index contributed by atoms with van der Waals surface area (Å²) in [6, 6.07) is 17.8. The zero-order chi connectivity index (χ0) is 23.0. The number of hydrogen-bond donors (Lipinski definition) is 1. The van der Waals surface area contributed by atoms with Crippen LogP contribution in [-0.2, 0) is 5.41 Å². The molecule has 0 saturated heterocycles. The van der Waals surface area contributed by atoms with Gasteiger partial charge in [0.2, 0.25) is 0 Å². The van der Waals surface area contributed by atoms with Crippen LogP contribution in [0.15, 0.2) is 65.4 Å². The molecule has 33 heavy (non-hydrogen) atoms. The minimum atomic E-state index is -0.587. The predicted octanol–water partition coefficient (Wildman–Crippen LogP) is 5.12. The lowest BCUT2D eigenvalue weighted by Gasteiger charge is -2.16. The highest BCUT2D eigenvalue weighted by Crippen LogP contribution is 2.31. The van der Waals surface area contributed by atoms with E-state index >= 15 is 0 Å². The van der Waals surface area contributed by atoms with Gasteiger partial charge in [-0.25, -0.2) is 9.50 Å². The van der Waals surface area contributed by atoms with Gasteiger partial charge in [0.05, 0.1) is 28.6 Å². The van der Waals surface area contributed by atoms with Crippen LogP contribution in [0.3, 0.4) is 0 Å². The third-order valence-electron chi connectivity index (χ3n) is 5.57. The lowest BCUT2D eigenvalue weighted by Crippen LogP contribution is -2.13. The molecule has 3 aromatic heterocycles. The fraction of sp³-hybridized carbons (Fsp3) is 0.154. The molecule has 5 aromatic rings. The molecule has 0 amide bonds. The molecule has 0 bridgehead atoms. The van der Waals surface area contributed by atoms with Crippen LogP contribution in [0.25, 0.3) is 16.6 Å². The Morgan fingerprint density at radius 3 is 2.82 bits per heavy atom. The standard InChI is InChI=1S/C26H20N6O/c1-17-9-11-22-24(21(17)12-10-20-15-28-23-8-5-13-29-32(20)23)33-31-25(22)30-19-7-4-6-18(14-19)26(2,3)16-27/h4-9,11,13-15H,1-3H3,(H,30,31). The van der Waals surface area contributed by atoms with E-state index in [1.807, 2.05) is 69.3 Å². The molecule has 0 aliphatic carbocycles. The van der Waals surface area contributed by atoms with Gasteiger partial charge in [0.1, 0.15) is 5.69 Å². The number of aromatic nitrogens is 4. The second-order valence-electron chi connectivity index (χ2n) is 8.30. The van der Waals surface area contributed by atoms with Gasteiger partial charge in [-0.3, -0.25) is 0 Å². The SMILES string of the molecule is Cc1ccc2c(Nc3cccc(C(C)(C)C#N)c3)noc2c1C#Cc1cnc2cccnn12. The van der Waals surface area contributed by atoms with Gasteiger partial charge in [0.25, 0.3) is 0 Å². The van der Waals surface area contributed by atoms with Crippen molar-refractivity contribution >= 4 is 28.1 Å². The summed E-state index contributed by atoms with van der Waals surface area (Å²) in [7, 11) is 0. The van der Waals surface area contributed by atoms with Gasteiger partial charge in [-0.15, -0.1) is 0 Å². The van der Waals surface area contributed by atoms with E-state index in [0.717, 1.165) is 33.4 Å². The highest BCUT2D eigenvalue weighted by atomic mass is 16.5. The maximum absolute atomic E-state index is 9.45. The van der Waals surface area contributed by atoms with Gasteiger partial charge in [-0.1, -0.05) is 29.3 Å². The van der Waals surface area contributed by atoms with E-state index in [0.29, 0.717) is 17.1 Å². The zero-order valence-corrected chi connectivity index (χ0v) is 18.4. The van der Waals surface area contributed by atoms with Crippen molar-refractivity contribution in [2.45, 2.75) is 26.2 Å². The molecular weight excluding hydrogens is 412 g/mol. The molecule has 0 saturated carbocycles. The fourth-order valence-corrected chi connectivity index (χ4v) is 3.58. The molecule has 7 heteroatoms. The van der Waals surface area contributed by atoms with Crippen LogP contribution in [0.5, 0.6) is 0 Å². The van der Waals surface area contributed by atoms with Crippen molar-refractivity contribution in [2.24, 2.45) is 0 Å². The van der Waals surface area contributed by atoms with Crippen LogP contribution < -0.4 is 5.32 Å². The van der Waals surface area contributed by atoms with Crippen molar-refractivity contribution in [1.82, 2.24) is 19.8 Å².